The van der Waals surface area contributed by atoms with Gasteiger partial charge in [-0.25, -0.2) is 0 Å². The number of phenolic OH excluding ortho intramolecular Hbond substituents is 2. The Morgan fingerprint density at radius 3 is 2.25 bits per heavy atom. The van der Waals surface area contributed by atoms with Gasteiger partial charge in [0, 0.05) is 24.5 Å². The molecule has 9 nitrogen and oxygen atoms in total. The standard InChI is InChI=1S/C19H18N4O5/c20-9-1-3-11(24)16-14(9)18(27)17-12(25)4-2-10(15(17)19(16)28)22-7-13(26)23-8-5-21-6-8/h1-4,8,21-22,24-25H,5-7,20H2,(H,23,26). The second-order valence-electron chi connectivity index (χ2n) is 6.74. The molecule has 1 amide bonds. The highest BCUT2D eigenvalue weighted by atomic mass is 16.3. The minimum absolute atomic E-state index is 0.0306. The monoisotopic (exact) mass is 382 g/mol. The van der Waals surface area contributed by atoms with E-state index < -0.39 is 11.6 Å². The molecule has 1 fully saturated rings. The molecule has 7 N–H and O–H groups in total. The second-order valence-corrected chi connectivity index (χ2v) is 6.74. The molecule has 4 rings (SSSR count). The number of nitrogens with one attached hydrogen (secondary N) is 3. The van der Waals surface area contributed by atoms with Gasteiger partial charge in [-0.05, 0) is 24.3 Å². The number of rotatable bonds is 4. The maximum absolute atomic E-state index is 13.0. The molecule has 0 aromatic heterocycles. The van der Waals surface area contributed by atoms with Crippen molar-refractivity contribution in [2.45, 2.75) is 6.04 Å². The smallest absolute Gasteiger partial charge is 0.239 e. The van der Waals surface area contributed by atoms with E-state index in [1.807, 2.05) is 0 Å². The van der Waals surface area contributed by atoms with E-state index in [0.29, 0.717) is 13.1 Å². The largest absolute Gasteiger partial charge is 0.507 e. The molecule has 0 spiro atoms. The van der Waals surface area contributed by atoms with Crippen LogP contribution in [-0.2, 0) is 4.79 Å². The van der Waals surface area contributed by atoms with Crippen LogP contribution in [0.3, 0.4) is 0 Å². The fraction of sp³-hybridized carbons (Fsp3) is 0.211. The van der Waals surface area contributed by atoms with Crippen molar-refractivity contribution in [3.8, 4) is 11.5 Å². The maximum Gasteiger partial charge on any atom is 0.239 e. The van der Waals surface area contributed by atoms with Crippen LogP contribution < -0.4 is 21.7 Å². The van der Waals surface area contributed by atoms with Crippen LogP contribution in [0.2, 0.25) is 0 Å². The van der Waals surface area contributed by atoms with Crippen LogP contribution in [0.5, 0.6) is 11.5 Å². The summed E-state index contributed by atoms with van der Waals surface area (Å²) in [6, 6.07) is 5.30. The quantitative estimate of drug-likeness (QED) is 0.271. The third kappa shape index (κ3) is 2.72. The predicted octanol–water partition coefficient (Wildman–Crippen LogP) is -0.0447. The Hall–Kier alpha value is -3.59. The van der Waals surface area contributed by atoms with Crippen molar-refractivity contribution in [1.29, 1.82) is 0 Å². The molecule has 2 aliphatic rings. The number of nitrogens with two attached hydrogens (primary N) is 1. The number of hydrogen-bond acceptors (Lipinski definition) is 8. The highest BCUT2D eigenvalue weighted by Gasteiger charge is 2.37. The number of ketones is 2. The lowest BCUT2D eigenvalue weighted by Crippen LogP contribution is -2.57. The molecular formula is C19H18N4O5. The van der Waals surface area contributed by atoms with Crippen molar-refractivity contribution >= 4 is 28.8 Å². The number of carbonyl (C=O) groups excluding carboxylic acids is 3. The number of nitrogen functional groups attached to an aromatic ring is 1. The topological polar surface area (TPSA) is 154 Å². The zero-order chi connectivity index (χ0) is 20.0. The van der Waals surface area contributed by atoms with Gasteiger partial charge in [-0.15, -0.1) is 0 Å². The zero-order valence-electron chi connectivity index (χ0n) is 14.7. The minimum atomic E-state index is -0.663. The lowest BCUT2D eigenvalue weighted by Gasteiger charge is -2.28. The second kappa shape index (κ2) is 6.54. The molecular weight excluding hydrogens is 364 g/mol. The summed E-state index contributed by atoms with van der Waals surface area (Å²) >= 11 is 0. The molecule has 1 aliphatic carbocycles. The third-order valence-corrected chi connectivity index (χ3v) is 4.89. The predicted molar refractivity (Wildman–Crippen MR) is 101 cm³/mol. The summed E-state index contributed by atoms with van der Waals surface area (Å²) in [7, 11) is 0. The Labute approximate surface area is 159 Å². The number of anilines is 2. The number of amides is 1. The Morgan fingerprint density at radius 1 is 1.00 bits per heavy atom. The Morgan fingerprint density at radius 2 is 1.61 bits per heavy atom. The number of carbonyl (C=O) groups is 3. The molecule has 0 saturated carbocycles. The van der Waals surface area contributed by atoms with Crippen LogP contribution in [-0.4, -0.2) is 53.4 Å². The Kier molecular flexibility index (Phi) is 4.16. The number of fused-ring (bicyclic) bond motifs is 2. The zero-order valence-corrected chi connectivity index (χ0v) is 14.7. The van der Waals surface area contributed by atoms with E-state index in [-0.39, 0.29) is 63.6 Å². The van der Waals surface area contributed by atoms with Gasteiger partial charge in [0.05, 0.1) is 34.8 Å². The molecule has 2 aromatic rings. The molecule has 0 unspecified atom stereocenters. The van der Waals surface area contributed by atoms with E-state index in [2.05, 4.69) is 16.0 Å². The van der Waals surface area contributed by atoms with Gasteiger partial charge in [-0.2, -0.15) is 0 Å². The summed E-state index contributed by atoms with van der Waals surface area (Å²) in [5.41, 5.74) is 5.42. The molecule has 1 heterocycles. The van der Waals surface area contributed by atoms with Gasteiger partial charge in [0.15, 0.2) is 0 Å². The number of phenols is 2. The first-order valence-electron chi connectivity index (χ1n) is 8.69. The molecule has 9 heteroatoms. The normalized spacial score (nSPS) is 15.4. The molecule has 0 bridgehead atoms. The summed E-state index contributed by atoms with van der Waals surface area (Å²) in [6.07, 6.45) is 0. The first kappa shape index (κ1) is 17.8. The highest BCUT2D eigenvalue weighted by molar-refractivity contribution is 6.33. The number of aromatic hydroxyl groups is 2. The summed E-state index contributed by atoms with van der Waals surface area (Å²) in [5.74, 6) is -2.34. The summed E-state index contributed by atoms with van der Waals surface area (Å²) < 4.78 is 0. The summed E-state index contributed by atoms with van der Waals surface area (Å²) in [6.45, 7) is 1.28. The fourth-order valence-electron chi connectivity index (χ4n) is 3.38. The molecule has 0 atom stereocenters. The lowest BCUT2D eigenvalue weighted by molar-refractivity contribution is -0.120. The van der Waals surface area contributed by atoms with E-state index in [9.17, 15) is 24.6 Å². The number of hydrogen-bond donors (Lipinski definition) is 6. The molecule has 144 valence electrons. The van der Waals surface area contributed by atoms with E-state index >= 15 is 0 Å². The van der Waals surface area contributed by atoms with Crippen LogP contribution in [0.1, 0.15) is 31.8 Å². The summed E-state index contributed by atoms with van der Waals surface area (Å²) in [4.78, 5) is 38.0. The van der Waals surface area contributed by atoms with Gasteiger partial charge in [-0.3, -0.25) is 14.4 Å². The first-order valence-corrected chi connectivity index (χ1v) is 8.69. The van der Waals surface area contributed by atoms with Crippen molar-refractivity contribution in [2.75, 3.05) is 30.7 Å². The molecule has 1 saturated heterocycles. The molecule has 2 aromatic carbocycles. The molecule has 0 radical (unpaired) electrons. The van der Waals surface area contributed by atoms with Crippen LogP contribution >= 0.6 is 0 Å². The average molecular weight is 382 g/mol. The Bertz CT molecular complexity index is 1030. The average Bonchev–Trinajstić information content (AvgIpc) is 2.63. The van der Waals surface area contributed by atoms with Crippen molar-refractivity contribution in [3.05, 3.63) is 46.5 Å². The minimum Gasteiger partial charge on any atom is -0.507 e. The van der Waals surface area contributed by atoms with Crippen LogP contribution in [0.25, 0.3) is 0 Å². The van der Waals surface area contributed by atoms with Gasteiger partial charge in [0.25, 0.3) is 0 Å². The number of benzene rings is 2. The van der Waals surface area contributed by atoms with Crippen molar-refractivity contribution in [1.82, 2.24) is 10.6 Å². The van der Waals surface area contributed by atoms with Gasteiger partial charge < -0.3 is 31.9 Å². The van der Waals surface area contributed by atoms with Crippen LogP contribution in [0.4, 0.5) is 11.4 Å². The van der Waals surface area contributed by atoms with Gasteiger partial charge >= 0.3 is 0 Å². The van der Waals surface area contributed by atoms with E-state index in [0.717, 1.165) is 0 Å². The van der Waals surface area contributed by atoms with E-state index in [4.69, 9.17) is 5.73 Å². The third-order valence-electron chi connectivity index (χ3n) is 4.89. The van der Waals surface area contributed by atoms with Gasteiger partial charge in [0.2, 0.25) is 17.5 Å². The van der Waals surface area contributed by atoms with Crippen molar-refractivity contribution < 1.29 is 24.6 Å². The van der Waals surface area contributed by atoms with Gasteiger partial charge in [-0.1, -0.05) is 0 Å². The fourth-order valence-corrected chi connectivity index (χ4v) is 3.38. The van der Waals surface area contributed by atoms with Crippen LogP contribution in [0, 0.1) is 0 Å². The van der Waals surface area contributed by atoms with E-state index in [1.54, 1.807) is 0 Å². The maximum atomic E-state index is 13.0. The first-order chi connectivity index (χ1) is 13.4. The Balaban J connectivity index is 1.71. The molecule has 28 heavy (non-hydrogen) atoms. The highest BCUT2D eigenvalue weighted by Crippen LogP contribution is 2.41. The SMILES string of the molecule is Nc1ccc(O)c2c1C(=O)c1c(O)ccc(NCC(=O)NC3CNC3)c1C2=O. The van der Waals surface area contributed by atoms with Crippen molar-refractivity contribution in [3.63, 3.8) is 0 Å². The lowest BCUT2D eigenvalue weighted by atomic mass is 9.81. The van der Waals surface area contributed by atoms with Crippen LogP contribution in [0.15, 0.2) is 24.3 Å². The molecule has 1 aliphatic heterocycles. The van der Waals surface area contributed by atoms with E-state index in [1.165, 1.54) is 24.3 Å². The summed E-state index contributed by atoms with van der Waals surface area (Å²) in [5, 5.41) is 29.0. The van der Waals surface area contributed by atoms with Crippen molar-refractivity contribution in [2.24, 2.45) is 0 Å². The van der Waals surface area contributed by atoms with Gasteiger partial charge in [0.1, 0.15) is 11.5 Å².